The molecule has 0 atom stereocenters. The number of hydrogen-bond donors (Lipinski definition) is 2. The number of anilines is 1. The Labute approximate surface area is 142 Å². The summed E-state index contributed by atoms with van der Waals surface area (Å²) in [7, 11) is 1.72. The van der Waals surface area contributed by atoms with Crippen LogP contribution in [0, 0.1) is 0 Å². The Kier molecular flexibility index (Phi) is 6.51. The van der Waals surface area contributed by atoms with E-state index in [0.717, 1.165) is 18.8 Å². The highest BCUT2D eigenvalue weighted by atomic mass is 16.2. The van der Waals surface area contributed by atoms with Crippen LogP contribution in [0.4, 0.5) is 5.69 Å². The largest absolute Gasteiger partial charge is 0.351 e. The molecule has 0 radical (unpaired) electrons. The Morgan fingerprint density at radius 3 is 2.38 bits per heavy atom. The lowest BCUT2D eigenvalue weighted by molar-refractivity contribution is 0.0954. The Bertz CT molecular complexity index is 686. The van der Waals surface area contributed by atoms with Gasteiger partial charge in [-0.2, -0.15) is 0 Å². The monoisotopic (exact) mass is 325 g/mol. The van der Waals surface area contributed by atoms with E-state index in [1.54, 1.807) is 36.2 Å². The normalized spacial score (nSPS) is 10.2. The summed E-state index contributed by atoms with van der Waals surface area (Å²) in [5, 5.41) is 5.98. The summed E-state index contributed by atoms with van der Waals surface area (Å²) in [6, 6.07) is 16.2. The SMILES string of the molecule is CCNCCNC(=O)c1cccc(C(=O)N(C)c2ccccc2)c1. The smallest absolute Gasteiger partial charge is 0.258 e. The number of rotatable bonds is 7. The lowest BCUT2D eigenvalue weighted by atomic mass is 10.1. The van der Waals surface area contributed by atoms with Crippen LogP contribution in [-0.4, -0.2) is 38.5 Å². The number of nitrogens with zero attached hydrogens (tertiary/aromatic N) is 1. The zero-order valence-corrected chi connectivity index (χ0v) is 14.1. The number of nitrogens with one attached hydrogen (secondary N) is 2. The van der Waals surface area contributed by atoms with Crippen LogP contribution < -0.4 is 15.5 Å². The average molecular weight is 325 g/mol. The van der Waals surface area contributed by atoms with Crippen LogP contribution >= 0.6 is 0 Å². The maximum Gasteiger partial charge on any atom is 0.258 e. The van der Waals surface area contributed by atoms with Gasteiger partial charge in [0.05, 0.1) is 0 Å². The van der Waals surface area contributed by atoms with Gasteiger partial charge in [0.1, 0.15) is 0 Å². The highest BCUT2D eigenvalue weighted by Crippen LogP contribution is 2.15. The fourth-order valence-electron chi connectivity index (χ4n) is 2.30. The topological polar surface area (TPSA) is 61.4 Å². The molecule has 2 rings (SSSR count). The zero-order valence-electron chi connectivity index (χ0n) is 14.1. The van der Waals surface area contributed by atoms with Gasteiger partial charge in [0, 0.05) is 37.0 Å². The molecule has 0 aliphatic rings. The minimum absolute atomic E-state index is 0.150. The predicted octanol–water partition coefficient (Wildman–Crippen LogP) is 2.30. The third kappa shape index (κ3) is 4.67. The number of amides is 2. The maximum atomic E-state index is 12.6. The molecule has 2 amide bonds. The van der Waals surface area contributed by atoms with Crippen LogP contribution in [-0.2, 0) is 0 Å². The first-order chi connectivity index (χ1) is 11.6. The summed E-state index contributed by atoms with van der Waals surface area (Å²) in [5.41, 5.74) is 1.78. The van der Waals surface area contributed by atoms with E-state index in [1.807, 2.05) is 37.3 Å². The van der Waals surface area contributed by atoms with Crippen molar-refractivity contribution in [2.24, 2.45) is 0 Å². The Hall–Kier alpha value is -2.66. The molecule has 2 N–H and O–H groups in total. The molecule has 24 heavy (non-hydrogen) atoms. The van der Waals surface area contributed by atoms with Crippen molar-refractivity contribution < 1.29 is 9.59 Å². The lowest BCUT2D eigenvalue weighted by Crippen LogP contribution is -2.32. The van der Waals surface area contributed by atoms with E-state index in [4.69, 9.17) is 0 Å². The number of carbonyl (C=O) groups is 2. The molecule has 0 saturated carbocycles. The maximum absolute atomic E-state index is 12.6. The van der Waals surface area contributed by atoms with Gasteiger partial charge in [-0.15, -0.1) is 0 Å². The number of carbonyl (C=O) groups excluding carboxylic acids is 2. The van der Waals surface area contributed by atoms with Crippen molar-refractivity contribution in [3.8, 4) is 0 Å². The first kappa shape index (κ1) is 17.7. The molecule has 0 unspecified atom stereocenters. The Balaban J connectivity index is 2.06. The van der Waals surface area contributed by atoms with Crippen molar-refractivity contribution in [1.29, 1.82) is 0 Å². The van der Waals surface area contributed by atoms with E-state index in [2.05, 4.69) is 10.6 Å². The van der Waals surface area contributed by atoms with E-state index in [9.17, 15) is 9.59 Å². The molecule has 0 bridgehead atoms. The summed E-state index contributed by atoms with van der Waals surface area (Å²) in [6.07, 6.45) is 0. The minimum atomic E-state index is -0.176. The van der Waals surface area contributed by atoms with Gasteiger partial charge in [0.25, 0.3) is 11.8 Å². The van der Waals surface area contributed by atoms with Gasteiger partial charge in [-0.25, -0.2) is 0 Å². The molecule has 0 spiro atoms. The van der Waals surface area contributed by atoms with Gasteiger partial charge < -0.3 is 15.5 Å². The van der Waals surface area contributed by atoms with Gasteiger partial charge in [-0.3, -0.25) is 9.59 Å². The molecular formula is C19H23N3O2. The van der Waals surface area contributed by atoms with E-state index in [1.165, 1.54) is 0 Å². The molecule has 5 heteroatoms. The van der Waals surface area contributed by atoms with Crippen LogP contribution in [0.1, 0.15) is 27.6 Å². The third-order valence-electron chi connectivity index (χ3n) is 3.66. The van der Waals surface area contributed by atoms with Crippen molar-refractivity contribution in [2.75, 3.05) is 31.6 Å². The fourth-order valence-corrected chi connectivity index (χ4v) is 2.30. The summed E-state index contributed by atoms with van der Waals surface area (Å²) in [5.74, 6) is -0.326. The van der Waals surface area contributed by atoms with E-state index in [-0.39, 0.29) is 11.8 Å². The van der Waals surface area contributed by atoms with Gasteiger partial charge in [-0.05, 0) is 36.9 Å². The van der Waals surface area contributed by atoms with Gasteiger partial charge in [0.2, 0.25) is 0 Å². The van der Waals surface area contributed by atoms with Gasteiger partial charge in [0.15, 0.2) is 0 Å². The van der Waals surface area contributed by atoms with Crippen LogP contribution in [0.3, 0.4) is 0 Å². The number of benzene rings is 2. The highest BCUT2D eigenvalue weighted by Gasteiger charge is 2.15. The summed E-state index contributed by atoms with van der Waals surface area (Å²) >= 11 is 0. The fraction of sp³-hybridized carbons (Fsp3) is 0.263. The highest BCUT2D eigenvalue weighted by molar-refractivity contribution is 6.07. The molecule has 126 valence electrons. The quantitative estimate of drug-likeness (QED) is 0.768. The second-order valence-corrected chi connectivity index (χ2v) is 5.39. The van der Waals surface area contributed by atoms with Crippen molar-refractivity contribution in [3.63, 3.8) is 0 Å². The molecule has 2 aromatic carbocycles. The second-order valence-electron chi connectivity index (χ2n) is 5.39. The average Bonchev–Trinajstić information content (AvgIpc) is 2.64. The number of hydrogen-bond acceptors (Lipinski definition) is 3. The molecule has 0 fully saturated rings. The van der Waals surface area contributed by atoms with Crippen molar-refractivity contribution >= 4 is 17.5 Å². The predicted molar refractivity (Wildman–Crippen MR) is 96.5 cm³/mol. The van der Waals surface area contributed by atoms with Gasteiger partial charge in [-0.1, -0.05) is 31.2 Å². The molecule has 0 aromatic heterocycles. The summed E-state index contributed by atoms with van der Waals surface area (Å²) in [4.78, 5) is 26.3. The molecule has 2 aromatic rings. The van der Waals surface area contributed by atoms with E-state index >= 15 is 0 Å². The zero-order chi connectivity index (χ0) is 17.4. The second kappa shape index (κ2) is 8.84. The first-order valence-corrected chi connectivity index (χ1v) is 8.05. The lowest BCUT2D eigenvalue weighted by Gasteiger charge is -2.17. The van der Waals surface area contributed by atoms with Crippen molar-refractivity contribution in [1.82, 2.24) is 10.6 Å². The standard InChI is InChI=1S/C19H23N3O2/c1-3-20-12-13-21-18(23)15-8-7-9-16(14-15)19(24)22(2)17-10-5-4-6-11-17/h4-11,14,20H,3,12-13H2,1-2H3,(H,21,23). The molecule has 0 saturated heterocycles. The summed E-state index contributed by atoms with van der Waals surface area (Å²) < 4.78 is 0. The molecule has 0 aliphatic heterocycles. The van der Waals surface area contributed by atoms with Crippen LogP contribution in [0.25, 0.3) is 0 Å². The Morgan fingerprint density at radius 2 is 1.67 bits per heavy atom. The summed E-state index contributed by atoms with van der Waals surface area (Å²) in [6.45, 7) is 4.15. The Morgan fingerprint density at radius 1 is 0.958 bits per heavy atom. The van der Waals surface area contributed by atoms with Crippen LogP contribution in [0.5, 0.6) is 0 Å². The number of likely N-dealkylation sites (N-methyl/N-ethyl adjacent to an activating group) is 1. The number of para-hydroxylation sites is 1. The molecule has 5 nitrogen and oxygen atoms in total. The molecular weight excluding hydrogens is 302 g/mol. The van der Waals surface area contributed by atoms with Crippen molar-refractivity contribution in [2.45, 2.75) is 6.92 Å². The van der Waals surface area contributed by atoms with Crippen LogP contribution in [0.2, 0.25) is 0 Å². The van der Waals surface area contributed by atoms with Gasteiger partial charge >= 0.3 is 0 Å². The molecule has 0 aliphatic carbocycles. The first-order valence-electron chi connectivity index (χ1n) is 8.05. The van der Waals surface area contributed by atoms with E-state index in [0.29, 0.717) is 17.7 Å². The van der Waals surface area contributed by atoms with Crippen LogP contribution in [0.15, 0.2) is 54.6 Å². The van der Waals surface area contributed by atoms with E-state index < -0.39 is 0 Å². The van der Waals surface area contributed by atoms with Crippen molar-refractivity contribution in [3.05, 3.63) is 65.7 Å². The minimum Gasteiger partial charge on any atom is -0.351 e. The molecule has 0 heterocycles. The third-order valence-corrected chi connectivity index (χ3v) is 3.66.